The number of phosphoric ester groups is 1. The van der Waals surface area contributed by atoms with Gasteiger partial charge in [0.15, 0.2) is 0 Å². The number of unbranched alkanes of at least 4 members (excludes halogenated alkanes) is 38. The number of quaternary nitrogens is 1. The Hall–Kier alpha value is -2.81. The first kappa shape index (κ1) is 83.2. The van der Waals surface area contributed by atoms with Gasteiger partial charge >= 0.3 is 5.97 Å². The summed E-state index contributed by atoms with van der Waals surface area (Å²) in [6.45, 7) is 6.76. The van der Waals surface area contributed by atoms with Crippen molar-refractivity contribution in [1.29, 1.82) is 0 Å². The lowest BCUT2D eigenvalue weighted by Gasteiger charge is -2.30. The normalized spacial score (nSPS) is 14.0. The Morgan fingerprint density at radius 3 is 1.12 bits per heavy atom. The minimum atomic E-state index is -4.71. The van der Waals surface area contributed by atoms with Gasteiger partial charge in [-0.15, -0.1) is 0 Å². The molecule has 1 N–H and O–H groups in total. The van der Waals surface area contributed by atoms with Crippen LogP contribution in [0, 0.1) is 0 Å². The fraction of sp³-hybridized carbons (Fsp3) is 0.789. The number of amides is 1. The van der Waals surface area contributed by atoms with E-state index >= 15 is 0 Å². The number of esters is 1. The molecule has 0 saturated heterocycles. The first-order valence-corrected chi connectivity index (χ1v) is 37.9. The number of carbonyl (C=O) groups is 2. The van der Waals surface area contributed by atoms with Gasteiger partial charge in [0.05, 0.1) is 33.8 Å². The molecule has 1 amide bonds. The summed E-state index contributed by atoms with van der Waals surface area (Å²) in [6, 6.07) is -0.900. The number of rotatable bonds is 66. The Labute approximate surface area is 533 Å². The van der Waals surface area contributed by atoms with Crippen LogP contribution in [0.1, 0.15) is 335 Å². The predicted octanol–water partition coefficient (Wildman–Crippen LogP) is 22.7. The molecule has 10 heteroatoms. The van der Waals surface area contributed by atoms with Crippen LogP contribution >= 0.6 is 7.82 Å². The van der Waals surface area contributed by atoms with Crippen LogP contribution in [-0.2, 0) is 27.9 Å². The number of likely N-dealkylation sites (N-methyl/N-ethyl adjacent to an activating group) is 1. The van der Waals surface area contributed by atoms with Crippen molar-refractivity contribution >= 4 is 19.7 Å². The third kappa shape index (κ3) is 65.6. The van der Waals surface area contributed by atoms with Gasteiger partial charge in [-0.05, 0) is 83.1 Å². The molecule has 0 aliphatic rings. The molecule has 0 fully saturated rings. The predicted molar refractivity (Wildman–Crippen MR) is 371 cm³/mol. The Bertz CT molecular complexity index is 1750. The molecule has 3 unspecified atom stereocenters. The molecule has 500 valence electrons. The zero-order valence-corrected chi connectivity index (χ0v) is 58.2. The molecule has 0 rings (SSSR count). The Morgan fingerprint density at radius 2 is 0.744 bits per heavy atom. The van der Waals surface area contributed by atoms with Crippen molar-refractivity contribution in [3.05, 3.63) is 85.1 Å². The lowest BCUT2D eigenvalue weighted by Crippen LogP contribution is -2.47. The average Bonchev–Trinajstić information content (AvgIpc) is 3.69. The third-order valence-electron chi connectivity index (χ3n) is 16.1. The fourth-order valence-corrected chi connectivity index (χ4v) is 11.3. The zero-order chi connectivity index (χ0) is 62.8. The van der Waals surface area contributed by atoms with Crippen molar-refractivity contribution in [3.63, 3.8) is 0 Å². The van der Waals surface area contributed by atoms with E-state index in [1.807, 2.05) is 33.3 Å². The highest BCUT2D eigenvalue weighted by atomic mass is 31.2. The summed E-state index contributed by atoms with van der Waals surface area (Å²) in [5, 5.41) is 3.04. The molecule has 3 atom stereocenters. The number of nitrogens with one attached hydrogen (secondary N) is 1. The summed E-state index contributed by atoms with van der Waals surface area (Å²) in [5.41, 5.74) is 0. The molecule has 0 aromatic heterocycles. The summed E-state index contributed by atoms with van der Waals surface area (Å²) in [7, 11) is 1.18. The van der Waals surface area contributed by atoms with E-state index in [1.54, 1.807) is 0 Å². The van der Waals surface area contributed by atoms with E-state index in [1.165, 1.54) is 180 Å². The first-order valence-electron chi connectivity index (χ1n) is 36.4. The second-order valence-corrected chi connectivity index (χ2v) is 27.1. The maximum absolute atomic E-state index is 13.6. The molecule has 0 aromatic rings. The highest BCUT2D eigenvalue weighted by Crippen LogP contribution is 2.38. The van der Waals surface area contributed by atoms with Gasteiger partial charge in [0.2, 0.25) is 5.91 Å². The Balaban J connectivity index is 5.08. The molecule has 0 spiro atoms. The smallest absolute Gasteiger partial charge is 0.306 e. The summed E-state index contributed by atoms with van der Waals surface area (Å²) in [4.78, 5) is 40.2. The van der Waals surface area contributed by atoms with Crippen molar-refractivity contribution in [3.8, 4) is 0 Å². The maximum atomic E-state index is 13.6. The second-order valence-electron chi connectivity index (χ2n) is 25.7. The molecule has 0 aliphatic heterocycles. The minimum absolute atomic E-state index is 0.0272. The van der Waals surface area contributed by atoms with Gasteiger partial charge < -0.3 is 28.5 Å². The maximum Gasteiger partial charge on any atom is 0.306 e. The van der Waals surface area contributed by atoms with Crippen molar-refractivity contribution < 1.29 is 37.3 Å². The minimum Gasteiger partial charge on any atom is -0.756 e. The summed E-state index contributed by atoms with van der Waals surface area (Å²) < 4.78 is 30.5. The van der Waals surface area contributed by atoms with E-state index in [0.717, 1.165) is 122 Å². The van der Waals surface area contributed by atoms with Gasteiger partial charge in [-0.3, -0.25) is 14.2 Å². The molecule has 0 aliphatic carbocycles. The largest absolute Gasteiger partial charge is 0.756 e. The highest BCUT2D eigenvalue weighted by molar-refractivity contribution is 7.45. The number of hydrogen-bond acceptors (Lipinski definition) is 7. The number of nitrogens with zero attached hydrogens (tertiary/aromatic N) is 1. The van der Waals surface area contributed by atoms with Gasteiger partial charge in [-0.25, -0.2) is 0 Å². The summed E-state index contributed by atoms with van der Waals surface area (Å²) in [6.07, 6.45) is 87.1. The van der Waals surface area contributed by atoms with Crippen molar-refractivity contribution in [1.82, 2.24) is 5.32 Å². The topological polar surface area (TPSA) is 114 Å². The van der Waals surface area contributed by atoms with Gasteiger partial charge in [0, 0.05) is 12.8 Å². The van der Waals surface area contributed by atoms with Crippen LogP contribution in [-0.4, -0.2) is 69.4 Å². The quantitative estimate of drug-likeness (QED) is 0.0212. The number of hydrogen-bond donors (Lipinski definition) is 1. The van der Waals surface area contributed by atoms with Gasteiger partial charge in [0.1, 0.15) is 19.3 Å². The third-order valence-corrected chi connectivity index (χ3v) is 17.1. The molecule has 0 saturated carbocycles. The van der Waals surface area contributed by atoms with E-state index in [4.69, 9.17) is 13.8 Å². The van der Waals surface area contributed by atoms with Gasteiger partial charge in [-0.1, -0.05) is 324 Å². The summed E-state index contributed by atoms with van der Waals surface area (Å²) >= 11 is 0. The van der Waals surface area contributed by atoms with Crippen molar-refractivity contribution in [2.45, 2.75) is 348 Å². The van der Waals surface area contributed by atoms with Crippen LogP contribution in [0.5, 0.6) is 0 Å². The van der Waals surface area contributed by atoms with Gasteiger partial charge in [-0.2, -0.15) is 0 Å². The highest BCUT2D eigenvalue weighted by Gasteiger charge is 2.27. The van der Waals surface area contributed by atoms with E-state index in [2.05, 4.69) is 99.0 Å². The van der Waals surface area contributed by atoms with Crippen LogP contribution < -0.4 is 10.2 Å². The van der Waals surface area contributed by atoms with E-state index < -0.39 is 26.6 Å². The fourth-order valence-electron chi connectivity index (χ4n) is 10.5. The lowest BCUT2D eigenvalue weighted by molar-refractivity contribution is -0.870. The number of carbonyl (C=O) groups excluding carboxylic acids is 2. The molecule has 0 radical (unpaired) electrons. The van der Waals surface area contributed by atoms with Crippen LogP contribution in [0.4, 0.5) is 0 Å². The zero-order valence-electron chi connectivity index (χ0n) is 57.3. The standard InChI is InChI=1S/C76H139N2O7P/c1-7-10-13-16-19-22-25-28-30-32-34-36-38-39-41-42-44-46-48-50-53-56-59-62-65-68-75(79)77-73(72-84-86(81,82)83-71-70-78(4,5)6)74(67-64-61-58-55-52-27-24-21-18-15-12-9-3)85-76(80)69-66-63-60-57-54-51-49-47-45-43-40-37-35-33-31-29-26-23-20-17-14-11-8-2/h10,13,19,22,28,30,34,36,39,41,44,46,64,67,73-74H,7-9,11-12,14-18,20-21,23-27,29,31-33,35,37-38,40,42-43,45,47-63,65-66,68-72H2,1-6H3,(H-,77,79,81,82)/b13-10-,22-19-,30-28-,36-34-,41-39-,46-44-,67-64+. The van der Waals surface area contributed by atoms with Crippen LogP contribution in [0.15, 0.2) is 85.1 Å². The first-order chi connectivity index (χ1) is 41.9. The summed E-state index contributed by atoms with van der Waals surface area (Å²) in [5.74, 6) is -0.548. The molecule has 9 nitrogen and oxygen atoms in total. The van der Waals surface area contributed by atoms with Crippen LogP contribution in [0.25, 0.3) is 0 Å². The Kier molecular flexibility index (Phi) is 63.0. The molecule has 86 heavy (non-hydrogen) atoms. The number of allylic oxidation sites excluding steroid dienone is 13. The lowest BCUT2D eigenvalue weighted by atomic mass is 10.0. The van der Waals surface area contributed by atoms with Gasteiger partial charge in [0.25, 0.3) is 7.82 Å². The van der Waals surface area contributed by atoms with E-state index in [-0.39, 0.29) is 24.9 Å². The molecular weight excluding hydrogens is 1080 g/mol. The molecular formula is C76H139N2O7P. The molecule has 0 bridgehead atoms. The monoisotopic (exact) mass is 1220 g/mol. The van der Waals surface area contributed by atoms with Crippen molar-refractivity contribution in [2.24, 2.45) is 0 Å². The molecule has 0 aromatic carbocycles. The van der Waals surface area contributed by atoms with Crippen LogP contribution in [0.2, 0.25) is 0 Å². The molecule has 0 heterocycles. The number of phosphoric acid groups is 1. The Morgan fingerprint density at radius 1 is 0.419 bits per heavy atom. The van der Waals surface area contributed by atoms with Crippen molar-refractivity contribution in [2.75, 3.05) is 40.9 Å². The van der Waals surface area contributed by atoms with Crippen LogP contribution in [0.3, 0.4) is 0 Å². The second kappa shape index (κ2) is 65.2. The SMILES string of the molecule is CC/C=C\C/C=C\C/C=C\C/C=C\C/C=C\C/C=C\CCCCCCCCC(=O)NC(COP(=O)([O-])OCC[N+](C)(C)C)C(/C=C/CCCCCCCCCCCC)OC(=O)CCCCCCCCCCCCCCCCCCCCCCCCC. The number of ether oxygens (including phenoxy) is 1. The van der Waals surface area contributed by atoms with E-state index in [9.17, 15) is 19.0 Å². The average molecular weight is 1220 g/mol. The van der Waals surface area contributed by atoms with E-state index in [0.29, 0.717) is 17.4 Å².